The van der Waals surface area contributed by atoms with Crippen LogP contribution in [0.1, 0.15) is 32.1 Å². The van der Waals surface area contributed by atoms with E-state index in [9.17, 15) is 0 Å². The molecule has 0 amide bonds. The van der Waals surface area contributed by atoms with E-state index in [1.54, 1.807) is 0 Å². The van der Waals surface area contributed by atoms with Crippen LogP contribution in [0.25, 0.3) is 0 Å². The maximum absolute atomic E-state index is 3.06. The molecule has 1 aliphatic rings. The molecule has 78 valence electrons. The van der Waals surface area contributed by atoms with Gasteiger partial charge in [-0.05, 0) is 12.8 Å². The molecular weight excluding hydrogens is 321 g/mol. The molecule has 1 aromatic rings. The first-order valence-corrected chi connectivity index (χ1v) is 13.2. The van der Waals surface area contributed by atoms with Gasteiger partial charge in [0.1, 0.15) is 0 Å². The first-order valence-electron chi connectivity index (χ1n) is 5.34. The molecule has 0 saturated heterocycles. The van der Waals surface area contributed by atoms with E-state index in [1.807, 2.05) is 23.9 Å². The normalized spacial score (nSPS) is 16.7. The molecule has 0 spiro atoms. The van der Waals surface area contributed by atoms with Crippen LogP contribution in [0.3, 0.4) is 0 Å². The Hall–Kier alpha value is 0.673. The second-order valence-corrected chi connectivity index (χ2v) is 4.99. The Morgan fingerprint density at radius 3 is 2.33 bits per heavy atom. The van der Waals surface area contributed by atoms with Crippen molar-refractivity contribution in [1.29, 1.82) is 0 Å². The second kappa shape index (κ2) is 8.78. The fourth-order valence-electron chi connectivity index (χ4n) is 1.83. The molecule has 1 aromatic carbocycles. The summed E-state index contributed by atoms with van der Waals surface area (Å²) in [6.45, 7) is 0. The minimum Gasteiger partial charge on any atom is -0.184 e. The van der Waals surface area contributed by atoms with Crippen LogP contribution in [-0.2, 0) is 16.3 Å². The number of halogens is 1. The van der Waals surface area contributed by atoms with Crippen LogP contribution in [0.15, 0.2) is 29.2 Å². The third kappa shape index (κ3) is 5.51. The number of hydrogen-bond acceptors (Lipinski definition) is 1. The fraction of sp³-hybridized carbons (Fsp3) is 0.500. The molecule has 0 aromatic heterocycles. The molecule has 0 atom stereocenters. The molecule has 0 nitrogen and oxygen atoms in total. The minimum atomic E-state index is 0.871. The van der Waals surface area contributed by atoms with Gasteiger partial charge in [0.15, 0.2) is 0 Å². The topological polar surface area (TPSA) is 0 Å². The summed E-state index contributed by atoms with van der Waals surface area (Å²) >= 11 is 6.29. The third-order valence-electron chi connectivity index (χ3n) is 2.54. The van der Waals surface area contributed by atoms with Gasteiger partial charge in [-0.25, -0.2) is 0 Å². The zero-order valence-electron chi connectivity index (χ0n) is 8.92. The number of rotatable bonds is 2. The van der Waals surface area contributed by atoms with E-state index in [2.05, 4.69) is 31.8 Å². The van der Waals surface area contributed by atoms with Crippen LogP contribution in [-0.4, -0.2) is 5.25 Å². The summed E-state index contributed by atoms with van der Waals surface area (Å²) in [7, 11) is 0. The maximum atomic E-state index is 3.06. The van der Waals surface area contributed by atoms with Gasteiger partial charge in [0.2, 0.25) is 0 Å². The fourth-order valence-corrected chi connectivity index (χ4v) is 3.07. The van der Waals surface area contributed by atoms with E-state index in [-0.39, 0.29) is 0 Å². The van der Waals surface area contributed by atoms with Gasteiger partial charge in [-0.2, -0.15) is 30.3 Å². The molecule has 0 heterocycles. The predicted octanol–water partition coefficient (Wildman–Crippen LogP) is 4.75. The van der Waals surface area contributed by atoms with Crippen LogP contribution >= 0.6 is 25.4 Å². The van der Waals surface area contributed by atoms with Gasteiger partial charge in [0, 0.05) is 5.25 Å². The van der Waals surface area contributed by atoms with E-state index < -0.39 is 0 Å². The van der Waals surface area contributed by atoms with Crippen LogP contribution in [0, 0.1) is 6.07 Å². The smallest absolute Gasteiger partial charge is 0.00736 e. The van der Waals surface area contributed by atoms with Crippen molar-refractivity contribution in [2.75, 3.05) is 0 Å². The molecule has 0 unspecified atom stereocenters. The van der Waals surface area contributed by atoms with Crippen molar-refractivity contribution in [1.82, 2.24) is 0 Å². The van der Waals surface area contributed by atoms with E-state index in [0.29, 0.717) is 0 Å². The second-order valence-electron chi connectivity index (χ2n) is 3.61. The summed E-state index contributed by atoms with van der Waals surface area (Å²) in [6.07, 6.45) is 7.11. The van der Waals surface area contributed by atoms with Crippen molar-refractivity contribution >= 4 is 25.4 Å². The molecule has 0 radical (unpaired) electrons. The molecule has 0 N–H and O–H groups in total. The SMILES string of the molecule is [Zn+][Br].[c-]1ccc(SC2CCCCC2)cc1. The van der Waals surface area contributed by atoms with Crippen molar-refractivity contribution in [2.45, 2.75) is 42.2 Å². The van der Waals surface area contributed by atoms with Crippen molar-refractivity contribution < 1.29 is 16.3 Å². The van der Waals surface area contributed by atoms with Gasteiger partial charge in [-0.3, -0.25) is 0 Å². The standard InChI is InChI=1S/C12H15S.BrH.Zn/c1-3-7-11(8-4-1)13-12-9-5-2-6-10-12;;/h5-6,9-11H,1,3-4,7-8H2;1H;/q-1;;+2/p-1. The molecule has 0 bridgehead atoms. The van der Waals surface area contributed by atoms with E-state index >= 15 is 0 Å². The van der Waals surface area contributed by atoms with Crippen molar-refractivity contribution in [3.05, 3.63) is 30.3 Å². The van der Waals surface area contributed by atoms with Gasteiger partial charge < -0.3 is 0 Å². The molecule has 1 saturated carbocycles. The average molecular weight is 337 g/mol. The Morgan fingerprint density at radius 1 is 1.13 bits per heavy atom. The van der Waals surface area contributed by atoms with Gasteiger partial charge in [-0.15, -0.1) is 16.7 Å². The van der Waals surface area contributed by atoms with Crippen LogP contribution < -0.4 is 0 Å². The summed E-state index contributed by atoms with van der Waals surface area (Å²) in [4.78, 5) is 1.41. The molecule has 3 heteroatoms. The van der Waals surface area contributed by atoms with Gasteiger partial charge in [-0.1, -0.05) is 19.3 Å². The van der Waals surface area contributed by atoms with E-state index in [4.69, 9.17) is 0 Å². The van der Waals surface area contributed by atoms with Gasteiger partial charge in [0.05, 0.1) is 0 Å². The van der Waals surface area contributed by atoms with Crippen LogP contribution in [0.2, 0.25) is 0 Å². The molecule has 1 aliphatic carbocycles. The summed E-state index contributed by atoms with van der Waals surface area (Å²) in [5, 5.41) is 0.871. The maximum Gasteiger partial charge on any atom is 0.00736 e. The molecule has 0 aliphatic heterocycles. The monoisotopic (exact) mass is 334 g/mol. The van der Waals surface area contributed by atoms with Crippen LogP contribution in [0.5, 0.6) is 0 Å². The molecule has 1 fully saturated rings. The Balaban J connectivity index is 0.000000531. The zero-order chi connectivity index (χ0) is 10.9. The Bertz CT molecular complexity index is 247. The number of hydrogen-bond donors (Lipinski definition) is 0. The van der Waals surface area contributed by atoms with E-state index in [1.165, 1.54) is 53.3 Å². The van der Waals surface area contributed by atoms with Crippen molar-refractivity contribution in [3.63, 3.8) is 0 Å². The van der Waals surface area contributed by atoms with Crippen molar-refractivity contribution in [3.8, 4) is 0 Å². The average Bonchev–Trinajstić information content (AvgIpc) is 2.34. The summed E-state index contributed by atoms with van der Waals surface area (Å²) < 4.78 is 0. The summed E-state index contributed by atoms with van der Waals surface area (Å²) in [5.41, 5.74) is 0. The quantitative estimate of drug-likeness (QED) is 0.554. The largest absolute Gasteiger partial charge is 0.184 e. The van der Waals surface area contributed by atoms with Gasteiger partial charge >= 0.3 is 30.0 Å². The van der Waals surface area contributed by atoms with Crippen LogP contribution in [0.4, 0.5) is 0 Å². The Kier molecular flexibility index (Phi) is 8.04. The Labute approximate surface area is 114 Å². The molecule has 15 heavy (non-hydrogen) atoms. The summed E-state index contributed by atoms with van der Waals surface area (Å²) in [5.74, 6) is 0. The number of benzene rings is 1. The first-order chi connectivity index (χ1) is 7.45. The summed E-state index contributed by atoms with van der Waals surface area (Å²) in [6, 6.07) is 11.4. The molecule has 2 rings (SSSR count). The number of thioether (sulfide) groups is 1. The zero-order valence-corrected chi connectivity index (χ0v) is 14.3. The van der Waals surface area contributed by atoms with E-state index in [0.717, 1.165) is 5.25 Å². The minimum absolute atomic E-state index is 0.871. The van der Waals surface area contributed by atoms with Crippen molar-refractivity contribution in [2.24, 2.45) is 0 Å². The van der Waals surface area contributed by atoms with Gasteiger partial charge in [0.25, 0.3) is 0 Å². The third-order valence-corrected chi connectivity index (χ3v) is 3.89. The predicted molar refractivity (Wildman–Crippen MR) is 66.9 cm³/mol. The first kappa shape index (κ1) is 13.7. The molecular formula is C12H15BrSZn. The Morgan fingerprint density at radius 2 is 1.73 bits per heavy atom.